The van der Waals surface area contributed by atoms with Crippen LogP contribution in [-0.4, -0.2) is 43.2 Å². The van der Waals surface area contributed by atoms with Crippen LogP contribution in [0.4, 0.5) is 5.82 Å². The van der Waals surface area contributed by atoms with E-state index in [-0.39, 0.29) is 32.5 Å². The van der Waals surface area contributed by atoms with Gasteiger partial charge in [-0.1, -0.05) is 29.3 Å². The van der Waals surface area contributed by atoms with Crippen molar-refractivity contribution in [3.05, 3.63) is 34.4 Å². The molecule has 0 unspecified atom stereocenters. The molecule has 1 heterocycles. The van der Waals surface area contributed by atoms with Gasteiger partial charge in [-0.05, 0) is 12.1 Å². The zero-order valence-electron chi connectivity index (χ0n) is 12.6. The van der Waals surface area contributed by atoms with E-state index in [1.165, 1.54) is 25.3 Å². The molecule has 1 aromatic carbocycles. The highest BCUT2D eigenvalue weighted by Gasteiger charge is 2.22. The van der Waals surface area contributed by atoms with Gasteiger partial charge in [-0.2, -0.15) is 4.98 Å². The topological polar surface area (TPSA) is 128 Å². The molecule has 0 aliphatic carbocycles. The van der Waals surface area contributed by atoms with Gasteiger partial charge in [0.15, 0.2) is 6.61 Å². The number of ether oxygens (including phenoxy) is 2. The molecule has 0 aliphatic heterocycles. The first-order chi connectivity index (χ1) is 11.7. The van der Waals surface area contributed by atoms with Crippen molar-refractivity contribution in [2.45, 2.75) is 4.90 Å². The van der Waals surface area contributed by atoms with Crippen LogP contribution in [0.5, 0.6) is 11.8 Å². The number of carboxylic acids is 1. The molecule has 2 aromatic rings. The van der Waals surface area contributed by atoms with E-state index in [0.717, 1.165) is 6.20 Å². The van der Waals surface area contributed by atoms with E-state index in [2.05, 4.69) is 14.7 Å². The monoisotopic (exact) mass is 407 g/mol. The van der Waals surface area contributed by atoms with Crippen molar-refractivity contribution in [2.24, 2.45) is 0 Å². The van der Waals surface area contributed by atoms with E-state index in [1.807, 2.05) is 0 Å². The Hall–Kier alpha value is -2.30. The quantitative estimate of drug-likeness (QED) is 0.713. The summed E-state index contributed by atoms with van der Waals surface area (Å²) in [5, 5.41) is 8.49. The lowest BCUT2D eigenvalue weighted by Gasteiger charge is -2.12. The summed E-state index contributed by atoms with van der Waals surface area (Å²) in [5.41, 5.74) is 0. The summed E-state index contributed by atoms with van der Waals surface area (Å²) in [6.07, 6.45) is 1.04. The predicted molar refractivity (Wildman–Crippen MR) is 89.0 cm³/mol. The van der Waals surface area contributed by atoms with Crippen molar-refractivity contribution in [3.8, 4) is 11.8 Å². The van der Waals surface area contributed by atoms with Gasteiger partial charge in [0.25, 0.3) is 15.9 Å². The van der Waals surface area contributed by atoms with Crippen molar-refractivity contribution in [1.82, 2.24) is 9.97 Å². The van der Waals surface area contributed by atoms with Crippen molar-refractivity contribution in [1.29, 1.82) is 0 Å². The maximum atomic E-state index is 12.5. The van der Waals surface area contributed by atoms with Crippen LogP contribution in [0.25, 0.3) is 0 Å². The predicted octanol–water partition coefficient (Wildman–Crippen LogP) is 2.06. The first-order valence-corrected chi connectivity index (χ1v) is 8.71. The van der Waals surface area contributed by atoms with Gasteiger partial charge in [-0.3, -0.25) is 4.72 Å². The number of halogens is 2. The van der Waals surface area contributed by atoms with Crippen LogP contribution in [0.15, 0.2) is 29.3 Å². The minimum atomic E-state index is -4.12. The first-order valence-electron chi connectivity index (χ1n) is 6.47. The standard InChI is InChI=1S/C13H11Cl2N3O6S/c1-23-13-12(16-5-9(17-13)24-6-10(19)20)18-25(21,22)8-4-2-3-7(14)11(8)15/h2-5H,6H2,1H3,(H,16,18)(H,19,20). The molecule has 2 N–H and O–H groups in total. The number of aliphatic carboxylic acids is 1. The Morgan fingerprint density at radius 2 is 2.08 bits per heavy atom. The average Bonchev–Trinajstić information content (AvgIpc) is 2.55. The van der Waals surface area contributed by atoms with Crippen LogP contribution in [0.3, 0.4) is 0 Å². The van der Waals surface area contributed by atoms with Gasteiger partial charge in [0.05, 0.1) is 23.4 Å². The Bertz CT molecular complexity index is 907. The lowest BCUT2D eigenvalue weighted by Crippen LogP contribution is -2.16. The number of nitrogens with one attached hydrogen (secondary N) is 1. The number of sulfonamides is 1. The minimum Gasteiger partial charge on any atom is -0.479 e. The molecule has 0 saturated carbocycles. The minimum absolute atomic E-state index is 0.0695. The summed E-state index contributed by atoms with van der Waals surface area (Å²) < 4.78 is 36.9. The fourth-order valence-electron chi connectivity index (χ4n) is 1.65. The maximum Gasteiger partial charge on any atom is 0.341 e. The molecule has 0 amide bonds. The highest BCUT2D eigenvalue weighted by Crippen LogP contribution is 2.31. The Kier molecular flexibility index (Phi) is 5.88. The number of carbonyl (C=O) groups is 1. The molecule has 0 bridgehead atoms. The van der Waals surface area contributed by atoms with Gasteiger partial charge in [-0.15, -0.1) is 0 Å². The van der Waals surface area contributed by atoms with Crippen LogP contribution in [-0.2, 0) is 14.8 Å². The molecule has 0 radical (unpaired) electrons. The molecule has 12 heteroatoms. The second-order valence-electron chi connectivity index (χ2n) is 4.41. The summed E-state index contributed by atoms with van der Waals surface area (Å²) in [6.45, 7) is -0.638. The molecule has 134 valence electrons. The van der Waals surface area contributed by atoms with Crippen molar-refractivity contribution < 1.29 is 27.8 Å². The number of hydrogen-bond acceptors (Lipinski definition) is 7. The highest BCUT2D eigenvalue weighted by atomic mass is 35.5. The smallest absolute Gasteiger partial charge is 0.341 e. The van der Waals surface area contributed by atoms with E-state index in [4.69, 9.17) is 37.8 Å². The normalized spacial score (nSPS) is 11.0. The molecule has 0 saturated heterocycles. The summed E-state index contributed by atoms with van der Waals surface area (Å²) in [5.74, 6) is -1.81. The number of methoxy groups -OCH3 is 1. The third kappa shape index (κ3) is 4.62. The van der Waals surface area contributed by atoms with E-state index in [1.54, 1.807) is 0 Å². The van der Waals surface area contributed by atoms with E-state index in [0.29, 0.717) is 0 Å². The number of benzene rings is 1. The number of hydrogen-bond donors (Lipinski definition) is 2. The third-order valence-corrected chi connectivity index (χ3v) is 5.00. The lowest BCUT2D eigenvalue weighted by molar-refractivity contribution is -0.139. The number of anilines is 1. The van der Waals surface area contributed by atoms with Gasteiger partial charge >= 0.3 is 5.97 Å². The number of nitrogens with zero attached hydrogens (tertiary/aromatic N) is 2. The SMILES string of the molecule is COc1nc(OCC(=O)O)cnc1NS(=O)(=O)c1cccc(Cl)c1Cl. The number of aromatic nitrogens is 2. The van der Waals surface area contributed by atoms with Crippen LogP contribution in [0.1, 0.15) is 0 Å². The third-order valence-electron chi connectivity index (χ3n) is 2.69. The summed E-state index contributed by atoms with van der Waals surface area (Å²) >= 11 is 11.7. The van der Waals surface area contributed by atoms with Crippen molar-refractivity contribution in [3.63, 3.8) is 0 Å². The molecule has 2 rings (SSSR count). The second-order valence-corrected chi connectivity index (χ2v) is 6.84. The summed E-state index contributed by atoms with van der Waals surface area (Å²) in [4.78, 5) is 17.9. The van der Waals surface area contributed by atoms with Gasteiger partial charge in [0, 0.05) is 0 Å². The Labute approximate surface area is 152 Å². The molecule has 0 fully saturated rings. The number of rotatable bonds is 7. The largest absolute Gasteiger partial charge is 0.479 e. The molecular weight excluding hydrogens is 397 g/mol. The van der Waals surface area contributed by atoms with Crippen LogP contribution < -0.4 is 14.2 Å². The molecule has 0 spiro atoms. The van der Waals surface area contributed by atoms with Crippen LogP contribution in [0.2, 0.25) is 10.0 Å². The van der Waals surface area contributed by atoms with Crippen LogP contribution >= 0.6 is 23.2 Å². The Morgan fingerprint density at radius 3 is 2.72 bits per heavy atom. The van der Waals surface area contributed by atoms with E-state index >= 15 is 0 Å². The first kappa shape index (κ1) is 19.0. The molecule has 25 heavy (non-hydrogen) atoms. The van der Waals surface area contributed by atoms with Gasteiger partial charge in [0.2, 0.25) is 11.7 Å². The highest BCUT2D eigenvalue weighted by molar-refractivity contribution is 7.92. The molecule has 0 aliphatic rings. The molecule has 1 aromatic heterocycles. The Morgan fingerprint density at radius 1 is 1.36 bits per heavy atom. The van der Waals surface area contributed by atoms with Gasteiger partial charge in [0.1, 0.15) is 4.90 Å². The molecule has 9 nitrogen and oxygen atoms in total. The summed E-state index contributed by atoms with van der Waals surface area (Å²) in [7, 11) is -2.89. The molecule has 0 atom stereocenters. The van der Waals surface area contributed by atoms with Crippen LogP contribution in [0, 0.1) is 0 Å². The zero-order chi connectivity index (χ0) is 18.6. The fraction of sp³-hybridized carbons (Fsp3) is 0.154. The van der Waals surface area contributed by atoms with Gasteiger partial charge in [-0.25, -0.2) is 18.2 Å². The fourth-order valence-corrected chi connectivity index (χ4v) is 3.42. The number of carboxylic acid groups (broad SMARTS) is 1. The van der Waals surface area contributed by atoms with Crippen molar-refractivity contribution in [2.75, 3.05) is 18.4 Å². The average molecular weight is 408 g/mol. The van der Waals surface area contributed by atoms with E-state index < -0.39 is 22.6 Å². The van der Waals surface area contributed by atoms with Gasteiger partial charge < -0.3 is 14.6 Å². The zero-order valence-corrected chi connectivity index (χ0v) is 14.9. The lowest BCUT2D eigenvalue weighted by atomic mass is 10.4. The second kappa shape index (κ2) is 7.72. The maximum absolute atomic E-state index is 12.5. The molecular formula is C13H11Cl2N3O6S. The van der Waals surface area contributed by atoms with E-state index in [9.17, 15) is 13.2 Å². The Balaban J connectivity index is 2.32. The van der Waals surface area contributed by atoms with Crippen molar-refractivity contribution >= 4 is 45.0 Å². The summed E-state index contributed by atoms with van der Waals surface area (Å²) in [6, 6.07) is 4.13.